The average molecular weight is 398 g/mol. The normalized spacial score (nSPS) is 13.3. The number of aliphatic imine (C=N–C) groups is 1. The number of carbonyl (C=O) groups excluding carboxylic acids is 2. The van der Waals surface area contributed by atoms with Gasteiger partial charge in [0.2, 0.25) is 11.8 Å². The van der Waals surface area contributed by atoms with E-state index < -0.39 is 0 Å². The van der Waals surface area contributed by atoms with Crippen molar-refractivity contribution in [3.63, 3.8) is 0 Å². The molecule has 2 amide bonds. The zero-order valence-electron chi connectivity index (χ0n) is 16.9. The molecule has 0 radical (unpaired) electrons. The molecule has 1 aliphatic rings. The molecule has 0 saturated heterocycles. The minimum atomic E-state index is -0.288. The van der Waals surface area contributed by atoms with Crippen LogP contribution >= 0.6 is 0 Å². The molecule has 0 saturated carbocycles. The first-order valence-electron chi connectivity index (χ1n) is 9.76. The Balaban J connectivity index is 1.61. The van der Waals surface area contributed by atoms with Crippen LogP contribution in [-0.2, 0) is 9.59 Å². The Hall–Kier alpha value is -3.80. The van der Waals surface area contributed by atoms with E-state index in [1.54, 1.807) is 18.3 Å². The topological polar surface area (TPSA) is 74.7 Å². The largest absolute Gasteiger partial charge is 0.325 e. The van der Waals surface area contributed by atoms with Crippen LogP contribution in [0.4, 0.5) is 17.2 Å². The lowest BCUT2D eigenvalue weighted by Gasteiger charge is -2.20. The van der Waals surface area contributed by atoms with Crippen LogP contribution in [0.3, 0.4) is 0 Å². The quantitative estimate of drug-likeness (QED) is 0.716. The van der Waals surface area contributed by atoms with Crippen molar-refractivity contribution in [3.05, 3.63) is 83.6 Å². The molecule has 2 heterocycles. The minimum Gasteiger partial charge on any atom is -0.325 e. The summed E-state index contributed by atoms with van der Waals surface area (Å²) in [4.78, 5) is 36.2. The summed E-state index contributed by atoms with van der Waals surface area (Å²) in [7, 11) is 0. The summed E-state index contributed by atoms with van der Waals surface area (Å²) in [6.07, 6.45) is 1.70. The van der Waals surface area contributed by atoms with Crippen LogP contribution in [0.5, 0.6) is 0 Å². The summed E-state index contributed by atoms with van der Waals surface area (Å²) in [5.41, 5.74) is 4.99. The molecular formula is C24H22N4O2. The number of aromatic nitrogens is 1. The second-order valence-electron chi connectivity index (χ2n) is 7.34. The molecule has 3 aromatic rings. The van der Waals surface area contributed by atoms with Crippen molar-refractivity contribution in [1.29, 1.82) is 0 Å². The number of anilines is 2. The highest BCUT2D eigenvalue weighted by molar-refractivity contribution is 6.18. The van der Waals surface area contributed by atoms with Gasteiger partial charge in [0.1, 0.15) is 12.2 Å². The van der Waals surface area contributed by atoms with Crippen molar-refractivity contribution in [2.45, 2.75) is 20.3 Å². The molecule has 0 fully saturated rings. The minimum absolute atomic E-state index is 0.0944. The number of carbonyl (C=O) groups is 2. The number of amides is 2. The Kier molecular flexibility index (Phi) is 5.39. The van der Waals surface area contributed by atoms with Crippen LogP contribution in [0.2, 0.25) is 0 Å². The van der Waals surface area contributed by atoms with Crippen LogP contribution in [0.1, 0.15) is 23.1 Å². The van der Waals surface area contributed by atoms with Gasteiger partial charge in [-0.15, -0.1) is 0 Å². The summed E-state index contributed by atoms with van der Waals surface area (Å²) in [6, 6.07) is 19.0. The maximum absolute atomic E-state index is 13.1. The van der Waals surface area contributed by atoms with E-state index in [2.05, 4.69) is 10.3 Å². The maximum Gasteiger partial charge on any atom is 0.244 e. The van der Waals surface area contributed by atoms with E-state index in [9.17, 15) is 9.59 Å². The second kappa shape index (κ2) is 8.29. The number of hydrogen-bond acceptors (Lipinski definition) is 4. The first-order valence-corrected chi connectivity index (χ1v) is 9.76. The van der Waals surface area contributed by atoms with Crippen molar-refractivity contribution in [1.82, 2.24) is 4.98 Å². The lowest BCUT2D eigenvalue weighted by atomic mass is 10.1. The predicted molar refractivity (Wildman–Crippen MR) is 118 cm³/mol. The fourth-order valence-corrected chi connectivity index (χ4v) is 3.37. The lowest BCUT2D eigenvalue weighted by molar-refractivity contribution is -0.120. The molecule has 6 nitrogen and oxygen atoms in total. The first kappa shape index (κ1) is 19.5. The molecule has 0 spiro atoms. The van der Waals surface area contributed by atoms with Gasteiger partial charge in [-0.2, -0.15) is 0 Å². The van der Waals surface area contributed by atoms with Gasteiger partial charge in [-0.05, 0) is 49.2 Å². The van der Waals surface area contributed by atoms with Crippen LogP contribution in [0.15, 0.2) is 71.9 Å². The monoisotopic (exact) mass is 398 g/mol. The van der Waals surface area contributed by atoms with Crippen molar-refractivity contribution in [3.8, 4) is 0 Å². The molecule has 0 unspecified atom stereocenters. The number of aryl methyl sites for hydroxylation is 2. The van der Waals surface area contributed by atoms with Crippen molar-refractivity contribution >= 4 is 34.7 Å². The van der Waals surface area contributed by atoms with Gasteiger partial charge in [-0.3, -0.25) is 14.5 Å². The third-order valence-corrected chi connectivity index (χ3v) is 4.89. The van der Waals surface area contributed by atoms with Gasteiger partial charge in [0.05, 0.1) is 12.1 Å². The Labute approximate surface area is 175 Å². The Morgan fingerprint density at radius 2 is 1.83 bits per heavy atom. The second-order valence-corrected chi connectivity index (χ2v) is 7.34. The van der Waals surface area contributed by atoms with Crippen LogP contribution in [-0.4, -0.2) is 29.1 Å². The van der Waals surface area contributed by atoms with Gasteiger partial charge >= 0.3 is 0 Å². The molecule has 0 bridgehead atoms. The molecule has 0 atom stereocenters. The Morgan fingerprint density at radius 1 is 1.03 bits per heavy atom. The summed E-state index contributed by atoms with van der Waals surface area (Å²) in [5, 5.41) is 2.85. The third kappa shape index (κ3) is 4.27. The van der Waals surface area contributed by atoms with Crippen LogP contribution in [0, 0.1) is 13.8 Å². The maximum atomic E-state index is 13.1. The number of fused-ring (bicyclic) bond motifs is 1. The molecule has 4 rings (SSSR count). The molecule has 150 valence electrons. The number of benzene rings is 2. The van der Waals surface area contributed by atoms with Crippen molar-refractivity contribution in [2.24, 2.45) is 4.99 Å². The number of rotatable bonds is 4. The van der Waals surface area contributed by atoms with Gasteiger partial charge in [0.15, 0.2) is 5.82 Å². The molecule has 6 heteroatoms. The van der Waals surface area contributed by atoms with Crippen LogP contribution < -0.4 is 10.2 Å². The van der Waals surface area contributed by atoms with Gasteiger partial charge < -0.3 is 5.32 Å². The molecule has 1 aliphatic heterocycles. The zero-order valence-corrected chi connectivity index (χ0v) is 16.9. The molecular weight excluding hydrogens is 376 g/mol. The Morgan fingerprint density at radius 3 is 2.60 bits per heavy atom. The van der Waals surface area contributed by atoms with E-state index in [0.29, 0.717) is 22.9 Å². The number of nitrogens with zero attached hydrogens (tertiary/aromatic N) is 3. The Bertz CT molecular complexity index is 1140. The molecule has 1 aromatic heterocycles. The highest BCUT2D eigenvalue weighted by Gasteiger charge is 2.27. The van der Waals surface area contributed by atoms with Crippen molar-refractivity contribution in [2.75, 3.05) is 16.8 Å². The molecule has 2 aromatic carbocycles. The van der Waals surface area contributed by atoms with E-state index in [-0.39, 0.29) is 24.8 Å². The van der Waals surface area contributed by atoms with E-state index in [4.69, 9.17) is 4.99 Å². The standard InChI is InChI=1S/C24H22N4O2/c1-16-8-10-18(11-9-16)21-14-23(30)28(24-20(27-21)7-4-12-25-24)15-22(29)26-19-6-3-5-17(2)13-19/h3-13H,14-15H2,1-2H3,(H,26,29). The zero-order chi connectivity index (χ0) is 21.1. The number of pyridine rings is 1. The van der Waals surface area contributed by atoms with Gasteiger partial charge in [-0.25, -0.2) is 9.98 Å². The summed E-state index contributed by atoms with van der Waals surface area (Å²) >= 11 is 0. The molecule has 0 aliphatic carbocycles. The summed E-state index contributed by atoms with van der Waals surface area (Å²) < 4.78 is 0. The molecule has 1 N–H and O–H groups in total. The third-order valence-electron chi connectivity index (χ3n) is 4.89. The van der Waals surface area contributed by atoms with Gasteiger partial charge in [0, 0.05) is 11.9 Å². The smallest absolute Gasteiger partial charge is 0.244 e. The van der Waals surface area contributed by atoms with E-state index in [1.807, 2.05) is 62.4 Å². The fraction of sp³-hybridized carbons (Fsp3) is 0.167. The SMILES string of the molecule is Cc1ccc(C2=Nc3cccnc3N(CC(=O)Nc3cccc(C)c3)C(=O)C2)cc1. The predicted octanol–water partition coefficient (Wildman–Crippen LogP) is 4.19. The lowest BCUT2D eigenvalue weighted by Crippen LogP contribution is -2.39. The summed E-state index contributed by atoms with van der Waals surface area (Å²) in [6.45, 7) is 3.84. The fourth-order valence-electron chi connectivity index (χ4n) is 3.37. The first-order chi connectivity index (χ1) is 14.5. The number of hydrogen-bond donors (Lipinski definition) is 1. The highest BCUT2D eigenvalue weighted by atomic mass is 16.2. The molecule has 30 heavy (non-hydrogen) atoms. The van der Waals surface area contributed by atoms with E-state index >= 15 is 0 Å². The number of nitrogens with one attached hydrogen (secondary N) is 1. The summed E-state index contributed by atoms with van der Waals surface area (Å²) in [5.74, 6) is -0.112. The van der Waals surface area contributed by atoms with Gasteiger partial charge in [0.25, 0.3) is 0 Å². The van der Waals surface area contributed by atoms with Gasteiger partial charge in [-0.1, -0.05) is 42.0 Å². The highest BCUT2D eigenvalue weighted by Crippen LogP contribution is 2.30. The van der Waals surface area contributed by atoms with Crippen molar-refractivity contribution < 1.29 is 9.59 Å². The average Bonchev–Trinajstić information content (AvgIpc) is 2.85. The van der Waals surface area contributed by atoms with Crippen LogP contribution in [0.25, 0.3) is 0 Å². The van der Waals surface area contributed by atoms with E-state index in [1.165, 1.54) is 4.90 Å². The van der Waals surface area contributed by atoms with E-state index in [0.717, 1.165) is 16.7 Å².